The van der Waals surface area contributed by atoms with E-state index in [1.165, 1.54) is 10.4 Å². The molecule has 1 amide bonds. The van der Waals surface area contributed by atoms with Crippen molar-refractivity contribution in [1.82, 2.24) is 4.90 Å². The van der Waals surface area contributed by atoms with Crippen molar-refractivity contribution >= 4 is 22.9 Å². The van der Waals surface area contributed by atoms with Crippen molar-refractivity contribution in [2.24, 2.45) is 0 Å². The molecule has 2 heterocycles. The molecule has 1 aliphatic heterocycles. The van der Waals surface area contributed by atoms with E-state index < -0.39 is 0 Å². The fourth-order valence-electron chi connectivity index (χ4n) is 3.15. The largest absolute Gasteiger partial charge is 0.324 e. The molecule has 3 rings (SSSR count). The maximum absolute atomic E-state index is 12.4. The van der Waals surface area contributed by atoms with Gasteiger partial charge in [-0.15, -0.1) is 11.3 Å². The van der Waals surface area contributed by atoms with E-state index in [1.807, 2.05) is 43.4 Å². The Morgan fingerprint density at radius 1 is 1.32 bits per heavy atom. The average Bonchev–Trinajstić information content (AvgIpc) is 2.95. The first-order valence-corrected chi connectivity index (χ1v) is 8.60. The van der Waals surface area contributed by atoms with Crippen molar-refractivity contribution in [2.75, 3.05) is 18.4 Å². The number of amides is 1. The van der Waals surface area contributed by atoms with Gasteiger partial charge in [0, 0.05) is 23.2 Å². The number of para-hydroxylation sites is 1. The molecule has 0 saturated heterocycles. The van der Waals surface area contributed by atoms with Gasteiger partial charge < -0.3 is 5.32 Å². The maximum atomic E-state index is 12.4. The molecule has 0 radical (unpaired) electrons. The topological polar surface area (TPSA) is 32.3 Å². The van der Waals surface area contributed by atoms with Gasteiger partial charge in [0.05, 0.1) is 6.54 Å². The molecule has 4 heteroatoms. The zero-order chi connectivity index (χ0) is 15.7. The number of hydrogen-bond donors (Lipinski definition) is 1. The van der Waals surface area contributed by atoms with Crippen LogP contribution in [0.3, 0.4) is 0 Å². The average molecular weight is 314 g/mol. The molecule has 3 nitrogen and oxygen atoms in total. The van der Waals surface area contributed by atoms with Crippen LogP contribution in [0, 0.1) is 13.8 Å². The molecule has 1 aliphatic rings. The van der Waals surface area contributed by atoms with E-state index in [0.29, 0.717) is 12.6 Å². The summed E-state index contributed by atoms with van der Waals surface area (Å²) in [7, 11) is 0. The van der Waals surface area contributed by atoms with Crippen LogP contribution in [0.4, 0.5) is 5.69 Å². The molecule has 116 valence electrons. The fourth-order valence-corrected chi connectivity index (χ4v) is 4.12. The van der Waals surface area contributed by atoms with Crippen molar-refractivity contribution in [3.05, 3.63) is 51.2 Å². The summed E-state index contributed by atoms with van der Waals surface area (Å²) in [6.07, 6.45) is 1.05. The molecule has 1 aromatic carbocycles. The van der Waals surface area contributed by atoms with Crippen LogP contribution in [0.5, 0.6) is 0 Å². The van der Waals surface area contributed by atoms with Crippen molar-refractivity contribution in [3.8, 4) is 0 Å². The minimum absolute atomic E-state index is 0.0722. The van der Waals surface area contributed by atoms with E-state index in [-0.39, 0.29) is 5.91 Å². The second-order valence-corrected chi connectivity index (χ2v) is 7.01. The standard InChI is InChI=1S/C18H22N2OS/c1-12-5-4-6-13(2)18(12)19-17(21)11-20-9-7-16-15(14(20)3)8-10-22-16/h4-6,8,10,14H,7,9,11H2,1-3H3,(H,19,21). The third kappa shape index (κ3) is 2.94. The summed E-state index contributed by atoms with van der Waals surface area (Å²) in [5, 5.41) is 5.24. The van der Waals surface area contributed by atoms with Crippen LogP contribution in [0.1, 0.15) is 34.5 Å². The van der Waals surface area contributed by atoms with Crippen molar-refractivity contribution < 1.29 is 4.79 Å². The van der Waals surface area contributed by atoms with E-state index in [1.54, 1.807) is 0 Å². The third-order valence-corrected chi connectivity index (χ3v) is 5.49. The molecule has 0 saturated carbocycles. The van der Waals surface area contributed by atoms with Gasteiger partial charge in [-0.2, -0.15) is 0 Å². The number of nitrogens with zero attached hydrogens (tertiary/aromatic N) is 1. The van der Waals surface area contributed by atoms with E-state index in [2.05, 4.69) is 28.6 Å². The highest BCUT2D eigenvalue weighted by Gasteiger charge is 2.26. The lowest BCUT2D eigenvalue weighted by Crippen LogP contribution is -2.39. The quantitative estimate of drug-likeness (QED) is 0.931. The molecule has 1 N–H and O–H groups in total. The van der Waals surface area contributed by atoms with Crippen LogP contribution in [0.25, 0.3) is 0 Å². The highest BCUT2D eigenvalue weighted by molar-refractivity contribution is 7.10. The summed E-state index contributed by atoms with van der Waals surface area (Å²) in [5.41, 5.74) is 4.56. The Kier molecular flexibility index (Phi) is 4.32. The molecule has 0 spiro atoms. The van der Waals surface area contributed by atoms with E-state index in [9.17, 15) is 4.79 Å². The molecule has 1 aromatic heterocycles. The van der Waals surface area contributed by atoms with Crippen LogP contribution in [-0.2, 0) is 11.2 Å². The minimum atomic E-state index is 0.0722. The summed E-state index contributed by atoms with van der Waals surface area (Å²) in [4.78, 5) is 16.2. The Morgan fingerprint density at radius 3 is 2.77 bits per heavy atom. The predicted molar refractivity (Wildman–Crippen MR) is 92.6 cm³/mol. The Balaban J connectivity index is 1.68. The monoisotopic (exact) mass is 314 g/mol. The summed E-state index contributed by atoms with van der Waals surface area (Å²) in [6.45, 7) is 7.66. The number of carbonyl (C=O) groups is 1. The lowest BCUT2D eigenvalue weighted by atomic mass is 10.0. The number of anilines is 1. The van der Waals surface area contributed by atoms with Crippen LogP contribution < -0.4 is 5.32 Å². The minimum Gasteiger partial charge on any atom is -0.324 e. The Morgan fingerprint density at radius 2 is 2.05 bits per heavy atom. The number of fused-ring (bicyclic) bond motifs is 1. The zero-order valence-electron chi connectivity index (χ0n) is 13.3. The normalized spacial score (nSPS) is 18.0. The van der Waals surface area contributed by atoms with Gasteiger partial charge in [0.2, 0.25) is 5.91 Å². The number of hydrogen-bond acceptors (Lipinski definition) is 3. The first kappa shape index (κ1) is 15.3. The first-order chi connectivity index (χ1) is 10.6. The summed E-state index contributed by atoms with van der Waals surface area (Å²) in [5.74, 6) is 0.0722. The molecule has 0 aliphatic carbocycles. The predicted octanol–water partition coefficient (Wildman–Crippen LogP) is 3.92. The number of carbonyl (C=O) groups excluding carboxylic acids is 1. The van der Waals surface area contributed by atoms with Crippen LogP contribution in [-0.4, -0.2) is 23.9 Å². The number of aryl methyl sites for hydroxylation is 2. The number of thiophene rings is 1. The van der Waals surface area contributed by atoms with Crippen LogP contribution >= 0.6 is 11.3 Å². The van der Waals surface area contributed by atoms with Crippen molar-refractivity contribution in [3.63, 3.8) is 0 Å². The Labute approximate surface area is 136 Å². The summed E-state index contributed by atoms with van der Waals surface area (Å²) in [6, 6.07) is 8.59. The smallest absolute Gasteiger partial charge is 0.238 e. The SMILES string of the molecule is Cc1cccc(C)c1NC(=O)CN1CCc2sccc2C1C. The molecular weight excluding hydrogens is 292 g/mol. The zero-order valence-corrected chi connectivity index (χ0v) is 14.2. The van der Waals surface area contributed by atoms with Gasteiger partial charge >= 0.3 is 0 Å². The van der Waals surface area contributed by atoms with Crippen molar-refractivity contribution in [1.29, 1.82) is 0 Å². The molecule has 22 heavy (non-hydrogen) atoms. The van der Waals surface area contributed by atoms with Gasteiger partial charge in [-0.05, 0) is 55.3 Å². The van der Waals surface area contributed by atoms with Gasteiger partial charge in [0.1, 0.15) is 0 Å². The molecule has 0 fully saturated rings. The second-order valence-electron chi connectivity index (χ2n) is 6.01. The van der Waals surface area contributed by atoms with Gasteiger partial charge in [0.15, 0.2) is 0 Å². The van der Waals surface area contributed by atoms with E-state index in [0.717, 1.165) is 29.8 Å². The second kappa shape index (κ2) is 6.23. The molecule has 1 atom stereocenters. The van der Waals surface area contributed by atoms with Gasteiger partial charge in [-0.3, -0.25) is 9.69 Å². The van der Waals surface area contributed by atoms with Crippen LogP contribution in [0.15, 0.2) is 29.6 Å². The van der Waals surface area contributed by atoms with E-state index >= 15 is 0 Å². The lowest BCUT2D eigenvalue weighted by molar-refractivity contribution is -0.117. The van der Waals surface area contributed by atoms with Crippen molar-refractivity contribution in [2.45, 2.75) is 33.2 Å². The maximum Gasteiger partial charge on any atom is 0.238 e. The first-order valence-electron chi connectivity index (χ1n) is 7.72. The van der Waals surface area contributed by atoms with Gasteiger partial charge in [-0.1, -0.05) is 18.2 Å². The van der Waals surface area contributed by atoms with E-state index in [4.69, 9.17) is 0 Å². The van der Waals surface area contributed by atoms with Crippen LogP contribution in [0.2, 0.25) is 0 Å². The number of nitrogens with one attached hydrogen (secondary N) is 1. The molecular formula is C18H22N2OS. The molecule has 2 aromatic rings. The lowest BCUT2D eigenvalue weighted by Gasteiger charge is -2.33. The van der Waals surface area contributed by atoms with Gasteiger partial charge in [0.25, 0.3) is 0 Å². The molecule has 0 bridgehead atoms. The Hall–Kier alpha value is -1.65. The summed E-state index contributed by atoms with van der Waals surface area (Å²) >= 11 is 1.83. The highest BCUT2D eigenvalue weighted by Crippen LogP contribution is 2.32. The van der Waals surface area contributed by atoms with Gasteiger partial charge in [-0.25, -0.2) is 0 Å². The third-order valence-electron chi connectivity index (χ3n) is 4.50. The Bertz CT molecular complexity index is 672. The molecule has 1 unspecified atom stereocenters. The highest BCUT2D eigenvalue weighted by atomic mass is 32.1. The fraction of sp³-hybridized carbons (Fsp3) is 0.389. The number of benzene rings is 1. The summed E-state index contributed by atoms with van der Waals surface area (Å²) < 4.78 is 0. The number of rotatable bonds is 3.